The topological polar surface area (TPSA) is 55.1 Å². The minimum Gasteiger partial charge on any atom is -0.355 e. The second-order valence-electron chi connectivity index (χ2n) is 4.79. The van der Waals surface area contributed by atoms with E-state index in [4.69, 9.17) is 5.73 Å². The van der Waals surface area contributed by atoms with Crippen molar-refractivity contribution in [3.8, 4) is 0 Å². The average Bonchev–Trinajstić information content (AvgIpc) is 2.24. The van der Waals surface area contributed by atoms with Crippen molar-refractivity contribution >= 4 is 17.7 Å². The zero-order chi connectivity index (χ0) is 12.6. The van der Waals surface area contributed by atoms with Crippen LogP contribution in [0.1, 0.15) is 34.1 Å². The molecular weight excluding hydrogens is 220 g/mol. The van der Waals surface area contributed by atoms with Gasteiger partial charge in [0, 0.05) is 6.54 Å². The van der Waals surface area contributed by atoms with Gasteiger partial charge in [-0.1, -0.05) is 20.8 Å². The second kappa shape index (κ2) is 8.88. The summed E-state index contributed by atoms with van der Waals surface area (Å²) in [7, 11) is 0. The van der Waals surface area contributed by atoms with Crippen LogP contribution in [0.15, 0.2) is 0 Å². The highest BCUT2D eigenvalue weighted by molar-refractivity contribution is 8.00. The third-order valence-electron chi connectivity index (χ3n) is 2.42. The quantitative estimate of drug-likeness (QED) is 0.687. The molecule has 0 saturated heterocycles. The number of carbonyl (C=O) groups excluding carboxylic acids is 1. The monoisotopic (exact) mass is 246 g/mol. The fourth-order valence-electron chi connectivity index (χ4n) is 1.08. The Morgan fingerprint density at radius 2 is 1.94 bits per heavy atom. The molecule has 0 aromatic carbocycles. The third-order valence-corrected chi connectivity index (χ3v) is 3.90. The molecule has 0 aromatic rings. The lowest BCUT2D eigenvalue weighted by Gasteiger charge is -2.14. The van der Waals surface area contributed by atoms with Crippen LogP contribution in [0, 0.1) is 11.8 Å². The summed E-state index contributed by atoms with van der Waals surface area (Å²) >= 11 is 1.68. The second-order valence-corrected chi connectivity index (χ2v) is 6.16. The van der Waals surface area contributed by atoms with Crippen molar-refractivity contribution in [1.29, 1.82) is 0 Å². The molecule has 2 unspecified atom stereocenters. The molecule has 2 atom stereocenters. The van der Waals surface area contributed by atoms with Crippen LogP contribution < -0.4 is 11.1 Å². The Morgan fingerprint density at radius 1 is 1.31 bits per heavy atom. The van der Waals surface area contributed by atoms with Crippen molar-refractivity contribution in [2.24, 2.45) is 17.6 Å². The highest BCUT2D eigenvalue weighted by Crippen LogP contribution is 2.14. The summed E-state index contributed by atoms with van der Waals surface area (Å²) in [4.78, 5) is 11.7. The van der Waals surface area contributed by atoms with Crippen LogP contribution in [0.4, 0.5) is 0 Å². The number of hydrogen-bond acceptors (Lipinski definition) is 3. The van der Waals surface area contributed by atoms with Gasteiger partial charge >= 0.3 is 0 Å². The minimum atomic E-state index is 0.0289. The van der Waals surface area contributed by atoms with E-state index in [9.17, 15) is 4.79 Å². The molecule has 0 spiro atoms. The van der Waals surface area contributed by atoms with Crippen molar-refractivity contribution in [2.75, 3.05) is 18.8 Å². The number of hydrogen-bond donors (Lipinski definition) is 2. The molecule has 0 aliphatic rings. The Labute approximate surface area is 104 Å². The van der Waals surface area contributed by atoms with E-state index in [2.05, 4.69) is 26.1 Å². The van der Waals surface area contributed by atoms with Crippen LogP contribution in [0.5, 0.6) is 0 Å². The van der Waals surface area contributed by atoms with E-state index in [0.717, 1.165) is 18.7 Å². The lowest BCUT2D eigenvalue weighted by atomic mass is 10.1. The van der Waals surface area contributed by atoms with E-state index in [-0.39, 0.29) is 11.2 Å². The Morgan fingerprint density at radius 3 is 2.44 bits per heavy atom. The van der Waals surface area contributed by atoms with Crippen molar-refractivity contribution in [2.45, 2.75) is 39.4 Å². The highest BCUT2D eigenvalue weighted by Gasteiger charge is 2.13. The number of thioether (sulfide) groups is 1. The maximum Gasteiger partial charge on any atom is 0.232 e. The van der Waals surface area contributed by atoms with Crippen molar-refractivity contribution in [1.82, 2.24) is 5.32 Å². The summed E-state index contributed by atoms with van der Waals surface area (Å²) in [5.74, 6) is 2.22. The van der Waals surface area contributed by atoms with Crippen LogP contribution in [0.3, 0.4) is 0 Å². The molecule has 0 aliphatic heterocycles. The third kappa shape index (κ3) is 7.99. The highest BCUT2D eigenvalue weighted by atomic mass is 32.2. The van der Waals surface area contributed by atoms with Crippen LogP contribution in [-0.4, -0.2) is 30.0 Å². The number of carbonyl (C=O) groups is 1. The predicted octanol–water partition coefficient (Wildman–Crippen LogP) is 1.87. The van der Waals surface area contributed by atoms with E-state index in [1.54, 1.807) is 11.8 Å². The molecule has 0 radical (unpaired) electrons. The lowest BCUT2D eigenvalue weighted by Crippen LogP contribution is -2.32. The first kappa shape index (κ1) is 15.8. The molecule has 0 aromatic heterocycles. The van der Waals surface area contributed by atoms with Crippen LogP contribution in [-0.2, 0) is 4.79 Å². The Hall–Kier alpha value is -0.220. The Bertz CT molecular complexity index is 197. The predicted molar refractivity (Wildman–Crippen MR) is 72.6 cm³/mol. The van der Waals surface area contributed by atoms with E-state index in [1.165, 1.54) is 0 Å². The first-order valence-corrected chi connectivity index (χ1v) is 7.11. The van der Waals surface area contributed by atoms with Gasteiger partial charge in [-0.05, 0) is 37.5 Å². The largest absolute Gasteiger partial charge is 0.355 e. The van der Waals surface area contributed by atoms with Gasteiger partial charge in [-0.25, -0.2) is 0 Å². The minimum absolute atomic E-state index is 0.0289. The summed E-state index contributed by atoms with van der Waals surface area (Å²) in [5.41, 5.74) is 5.53. The van der Waals surface area contributed by atoms with Gasteiger partial charge in [0.1, 0.15) is 0 Å². The maximum absolute atomic E-state index is 11.7. The average molecular weight is 246 g/mol. The summed E-state index contributed by atoms with van der Waals surface area (Å²) in [6.45, 7) is 9.86. The molecule has 0 bridgehead atoms. The van der Waals surface area contributed by atoms with Gasteiger partial charge in [-0.3, -0.25) is 4.79 Å². The molecule has 96 valence electrons. The van der Waals surface area contributed by atoms with Crippen molar-refractivity contribution < 1.29 is 4.79 Å². The van der Waals surface area contributed by atoms with Crippen LogP contribution in [0.25, 0.3) is 0 Å². The molecule has 1 amide bonds. The molecule has 16 heavy (non-hydrogen) atoms. The van der Waals surface area contributed by atoms with Gasteiger partial charge in [0.15, 0.2) is 0 Å². The molecule has 0 saturated carbocycles. The molecule has 0 heterocycles. The van der Waals surface area contributed by atoms with E-state index < -0.39 is 0 Å². The first-order chi connectivity index (χ1) is 7.47. The fourth-order valence-corrected chi connectivity index (χ4v) is 2.07. The van der Waals surface area contributed by atoms with Gasteiger partial charge in [0.2, 0.25) is 5.91 Å². The molecule has 3 nitrogen and oxygen atoms in total. The van der Waals surface area contributed by atoms with Crippen LogP contribution in [0.2, 0.25) is 0 Å². The molecule has 0 rings (SSSR count). The van der Waals surface area contributed by atoms with Gasteiger partial charge in [0.25, 0.3) is 0 Å². The molecule has 3 N–H and O–H groups in total. The normalized spacial score (nSPS) is 14.9. The standard InChI is InChI=1S/C12H26N2OS/c1-9(2)5-6-14-12(15)11(4)16-8-10(3)7-13/h9-11H,5-8,13H2,1-4H3,(H,14,15). The summed E-state index contributed by atoms with van der Waals surface area (Å²) < 4.78 is 0. The van der Waals surface area contributed by atoms with Gasteiger partial charge in [-0.15, -0.1) is 11.8 Å². The zero-order valence-electron chi connectivity index (χ0n) is 11.0. The maximum atomic E-state index is 11.7. The molecule has 0 aliphatic carbocycles. The first-order valence-electron chi connectivity index (χ1n) is 6.06. The molecular formula is C12H26N2OS. The van der Waals surface area contributed by atoms with Crippen molar-refractivity contribution in [3.05, 3.63) is 0 Å². The molecule has 4 heteroatoms. The summed E-state index contributed by atoms with van der Waals surface area (Å²) in [5, 5.41) is 2.99. The van der Waals surface area contributed by atoms with Crippen LogP contribution >= 0.6 is 11.8 Å². The van der Waals surface area contributed by atoms with E-state index in [0.29, 0.717) is 18.4 Å². The summed E-state index contributed by atoms with van der Waals surface area (Å²) in [6, 6.07) is 0. The Kier molecular flexibility index (Phi) is 8.76. The zero-order valence-corrected chi connectivity index (χ0v) is 11.8. The lowest BCUT2D eigenvalue weighted by molar-refractivity contribution is -0.120. The number of nitrogens with one attached hydrogen (secondary N) is 1. The van der Waals surface area contributed by atoms with Gasteiger partial charge < -0.3 is 11.1 Å². The fraction of sp³-hybridized carbons (Fsp3) is 0.917. The number of nitrogens with two attached hydrogens (primary N) is 1. The smallest absolute Gasteiger partial charge is 0.232 e. The van der Waals surface area contributed by atoms with Gasteiger partial charge in [0.05, 0.1) is 5.25 Å². The van der Waals surface area contributed by atoms with Crippen molar-refractivity contribution in [3.63, 3.8) is 0 Å². The number of amides is 1. The Balaban J connectivity index is 3.65. The van der Waals surface area contributed by atoms with E-state index >= 15 is 0 Å². The SMILES string of the molecule is CC(C)CCNC(=O)C(C)SCC(C)CN. The molecule has 0 fully saturated rings. The van der Waals surface area contributed by atoms with Gasteiger partial charge in [-0.2, -0.15) is 0 Å². The summed E-state index contributed by atoms with van der Waals surface area (Å²) in [6.07, 6.45) is 1.04. The van der Waals surface area contributed by atoms with E-state index in [1.807, 2.05) is 6.92 Å². The number of rotatable bonds is 8.